The first-order chi connectivity index (χ1) is 4.13. The summed E-state index contributed by atoms with van der Waals surface area (Å²) in [5.41, 5.74) is 5.07. The molecular formula is C4H6N2O3. The van der Waals surface area contributed by atoms with Crippen LogP contribution in [0.3, 0.4) is 0 Å². The Morgan fingerprint density at radius 2 is 2.33 bits per heavy atom. The summed E-state index contributed by atoms with van der Waals surface area (Å²) in [4.78, 5) is 20.3. The lowest BCUT2D eigenvalue weighted by Gasteiger charge is -2.29. The van der Waals surface area contributed by atoms with E-state index in [4.69, 9.17) is 10.8 Å². The topological polar surface area (TPSA) is 92.4 Å². The van der Waals surface area contributed by atoms with Gasteiger partial charge in [0.25, 0.3) is 0 Å². The average Bonchev–Trinajstić information content (AvgIpc) is 1.81. The van der Waals surface area contributed by atoms with Crippen LogP contribution in [0.25, 0.3) is 0 Å². The van der Waals surface area contributed by atoms with E-state index in [0.717, 1.165) is 0 Å². The average molecular weight is 130 g/mol. The van der Waals surface area contributed by atoms with Crippen LogP contribution in [-0.2, 0) is 9.59 Å². The van der Waals surface area contributed by atoms with Crippen molar-refractivity contribution in [2.75, 3.05) is 0 Å². The van der Waals surface area contributed by atoms with Gasteiger partial charge in [0.05, 0.1) is 0 Å². The van der Waals surface area contributed by atoms with Gasteiger partial charge in [-0.15, -0.1) is 0 Å². The van der Waals surface area contributed by atoms with E-state index in [1.807, 2.05) is 0 Å². The molecule has 1 amide bonds. The molecular weight excluding hydrogens is 124 g/mol. The maximum absolute atomic E-state index is 10.2. The van der Waals surface area contributed by atoms with Gasteiger partial charge >= 0.3 is 5.97 Å². The predicted octanol–water partition coefficient (Wildman–Crippen LogP) is -2.10. The minimum atomic E-state index is -1.08. The van der Waals surface area contributed by atoms with Crippen molar-refractivity contribution in [2.24, 2.45) is 5.73 Å². The highest BCUT2D eigenvalue weighted by Crippen LogP contribution is 2.01. The van der Waals surface area contributed by atoms with Gasteiger partial charge in [-0.3, -0.25) is 4.79 Å². The third kappa shape index (κ3) is 0.746. The van der Waals surface area contributed by atoms with Crippen LogP contribution in [0.15, 0.2) is 0 Å². The predicted molar refractivity (Wildman–Crippen MR) is 27.5 cm³/mol. The maximum Gasteiger partial charge on any atom is 0.328 e. The lowest BCUT2D eigenvalue weighted by molar-refractivity contribution is -0.149. The number of carboxylic acids is 1. The molecule has 1 rings (SSSR count). The summed E-state index contributed by atoms with van der Waals surface area (Å²) >= 11 is 0. The Bertz CT molecular complexity index is 167. The molecule has 5 heteroatoms. The fourth-order valence-corrected chi connectivity index (χ4v) is 0.610. The normalized spacial score (nSPS) is 32.8. The van der Waals surface area contributed by atoms with Crippen molar-refractivity contribution in [1.82, 2.24) is 5.32 Å². The first-order valence-electron chi connectivity index (χ1n) is 2.41. The van der Waals surface area contributed by atoms with Crippen molar-refractivity contribution in [3.8, 4) is 0 Å². The summed E-state index contributed by atoms with van der Waals surface area (Å²) < 4.78 is 0. The molecule has 1 heterocycles. The van der Waals surface area contributed by atoms with Gasteiger partial charge in [-0.2, -0.15) is 0 Å². The van der Waals surface area contributed by atoms with Gasteiger partial charge < -0.3 is 16.2 Å². The van der Waals surface area contributed by atoms with Crippen molar-refractivity contribution in [3.63, 3.8) is 0 Å². The first kappa shape index (κ1) is 6.03. The van der Waals surface area contributed by atoms with Crippen LogP contribution in [0.4, 0.5) is 0 Å². The summed E-state index contributed by atoms with van der Waals surface area (Å²) in [7, 11) is 0. The van der Waals surface area contributed by atoms with Crippen LogP contribution < -0.4 is 11.1 Å². The molecule has 0 spiro atoms. The second-order valence-corrected chi connectivity index (χ2v) is 1.85. The quantitative estimate of drug-likeness (QED) is 0.354. The number of nitrogens with one attached hydrogen (secondary N) is 1. The van der Waals surface area contributed by atoms with E-state index in [-0.39, 0.29) is 0 Å². The highest BCUT2D eigenvalue weighted by Gasteiger charge is 2.41. The standard InChI is InChI=1S/C4H6N2O3/c5-1-2(4(8)9)6-3(1)7/h1-2H,5H2,(H,6,7)(H,8,9)/t1-,2-/m1/s1. The second-order valence-electron chi connectivity index (χ2n) is 1.85. The molecule has 5 nitrogen and oxygen atoms in total. The number of hydrogen-bond acceptors (Lipinski definition) is 3. The Morgan fingerprint density at radius 3 is 2.44 bits per heavy atom. The van der Waals surface area contributed by atoms with E-state index in [9.17, 15) is 9.59 Å². The van der Waals surface area contributed by atoms with Gasteiger partial charge in [-0.1, -0.05) is 0 Å². The number of carbonyl (C=O) groups excluding carboxylic acids is 1. The van der Waals surface area contributed by atoms with E-state index < -0.39 is 24.0 Å². The molecule has 4 N–H and O–H groups in total. The maximum atomic E-state index is 10.2. The summed E-state index contributed by atoms with van der Waals surface area (Å²) in [5.74, 6) is -1.48. The molecule has 1 aliphatic heterocycles. The number of carboxylic acid groups (broad SMARTS) is 1. The zero-order valence-corrected chi connectivity index (χ0v) is 4.50. The zero-order chi connectivity index (χ0) is 7.02. The van der Waals surface area contributed by atoms with Gasteiger partial charge in [0, 0.05) is 0 Å². The molecule has 1 aliphatic rings. The minimum absolute atomic E-state index is 0.401. The number of rotatable bonds is 1. The van der Waals surface area contributed by atoms with E-state index >= 15 is 0 Å². The molecule has 0 bridgehead atoms. The highest BCUT2D eigenvalue weighted by molar-refractivity contribution is 5.98. The number of β-lactam (4-membered cyclic amide) rings is 1. The van der Waals surface area contributed by atoms with Crippen LogP contribution in [-0.4, -0.2) is 29.1 Å². The summed E-state index contributed by atoms with van der Waals surface area (Å²) in [5, 5.41) is 10.4. The molecule has 1 saturated heterocycles. The molecule has 0 unspecified atom stereocenters. The SMILES string of the molecule is N[C@H]1C(=O)N[C@H]1C(=O)O. The summed E-state index contributed by atoms with van der Waals surface area (Å²) in [6.45, 7) is 0. The van der Waals surface area contributed by atoms with Gasteiger partial charge in [0.1, 0.15) is 6.04 Å². The Labute approximate surface area is 50.8 Å². The van der Waals surface area contributed by atoms with Crippen LogP contribution in [0.1, 0.15) is 0 Å². The Balaban J connectivity index is 2.51. The fraction of sp³-hybridized carbons (Fsp3) is 0.500. The number of nitrogens with two attached hydrogens (primary N) is 1. The van der Waals surface area contributed by atoms with Gasteiger partial charge in [-0.25, -0.2) is 4.79 Å². The van der Waals surface area contributed by atoms with Crippen molar-refractivity contribution < 1.29 is 14.7 Å². The van der Waals surface area contributed by atoms with Gasteiger partial charge in [0.15, 0.2) is 6.04 Å². The van der Waals surface area contributed by atoms with E-state index in [2.05, 4.69) is 5.32 Å². The Morgan fingerprint density at radius 1 is 1.78 bits per heavy atom. The van der Waals surface area contributed by atoms with E-state index in [0.29, 0.717) is 0 Å². The Kier molecular flexibility index (Phi) is 1.14. The summed E-state index contributed by atoms with van der Waals surface area (Å²) in [6, 6.07) is -1.74. The van der Waals surface area contributed by atoms with E-state index in [1.165, 1.54) is 0 Å². The van der Waals surface area contributed by atoms with Gasteiger partial charge in [-0.05, 0) is 0 Å². The van der Waals surface area contributed by atoms with Crippen molar-refractivity contribution in [2.45, 2.75) is 12.1 Å². The number of hydrogen-bond donors (Lipinski definition) is 3. The van der Waals surface area contributed by atoms with E-state index in [1.54, 1.807) is 0 Å². The smallest absolute Gasteiger partial charge is 0.328 e. The third-order valence-corrected chi connectivity index (χ3v) is 1.23. The molecule has 1 fully saturated rings. The van der Waals surface area contributed by atoms with Crippen LogP contribution in [0, 0.1) is 0 Å². The first-order valence-corrected chi connectivity index (χ1v) is 2.41. The van der Waals surface area contributed by atoms with Crippen molar-refractivity contribution in [1.29, 1.82) is 0 Å². The van der Waals surface area contributed by atoms with Crippen LogP contribution in [0.2, 0.25) is 0 Å². The molecule has 0 aromatic carbocycles. The highest BCUT2D eigenvalue weighted by atomic mass is 16.4. The number of carbonyl (C=O) groups is 2. The Hall–Kier alpha value is -1.10. The van der Waals surface area contributed by atoms with Gasteiger partial charge in [0.2, 0.25) is 5.91 Å². The van der Waals surface area contributed by atoms with Crippen LogP contribution in [0.5, 0.6) is 0 Å². The molecule has 2 atom stereocenters. The molecule has 0 saturated carbocycles. The monoisotopic (exact) mass is 130 g/mol. The number of aliphatic carboxylic acids is 1. The fourth-order valence-electron chi connectivity index (χ4n) is 0.610. The lowest BCUT2D eigenvalue weighted by Crippen LogP contribution is -2.69. The molecule has 0 aliphatic carbocycles. The largest absolute Gasteiger partial charge is 0.480 e. The van der Waals surface area contributed by atoms with Crippen molar-refractivity contribution >= 4 is 11.9 Å². The second kappa shape index (κ2) is 1.70. The molecule has 50 valence electrons. The molecule has 0 aromatic rings. The molecule has 9 heavy (non-hydrogen) atoms. The number of amides is 1. The van der Waals surface area contributed by atoms with Crippen molar-refractivity contribution in [3.05, 3.63) is 0 Å². The van der Waals surface area contributed by atoms with Crippen LogP contribution >= 0.6 is 0 Å². The summed E-state index contributed by atoms with van der Waals surface area (Å²) in [6.07, 6.45) is 0. The molecule has 0 aromatic heterocycles. The molecule has 0 radical (unpaired) electrons. The third-order valence-electron chi connectivity index (χ3n) is 1.23. The zero-order valence-electron chi connectivity index (χ0n) is 4.50. The lowest BCUT2D eigenvalue weighted by atomic mass is 10.0. The minimum Gasteiger partial charge on any atom is -0.480 e.